The number of nitrogens with two attached hydrogens (primary N) is 1. The van der Waals surface area contributed by atoms with Crippen molar-refractivity contribution in [2.45, 2.75) is 25.3 Å². The van der Waals surface area contributed by atoms with Gasteiger partial charge in [0.05, 0.1) is 6.42 Å². The van der Waals surface area contributed by atoms with Gasteiger partial charge >= 0.3 is 12.0 Å². The van der Waals surface area contributed by atoms with Gasteiger partial charge in [-0.1, -0.05) is 0 Å². The van der Waals surface area contributed by atoms with E-state index in [4.69, 9.17) is 10.8 Å². The second-order valence-corrected chi connectivity index (χ2v) is 4.00. The molecular formula is C10H16N6O4. The van der Waals surface area contributed by atoms with Gasteiger partial charge in [-0.25, -0.2) is 14.6 Å². The smallest absolute Gasteiger partial charge is 0.326 e. The third-order valence-electron chi connectivity index (χ3n) is 2.35. The normalized spacial score (nSPS) is 11.6. The molecule has 0 fully saturated rings. The van der Waals surface area contributed by atoms with E-state index >= 15 is 0 Å². The number of nitrogens with zero attached hydrogens (tertiary/aromatic N) is 2. The lowest BCUT2D eigenvalue weighted by atomic mass is 10.2. The molecule has 0 spiro atoms. The van der Waals surface area contributed by atoms with E-state index in [2.05, 4.69) is 25.8 Å². The fourth-order valence-corrected chi connectivity index (χ4v) is 1.42. The standard InChI is InChI=1S/C10H16N6O4/c11-7(17)4-6(9(18)19)15-10(20)12-3-1-2-8-13-5-14-16-8/h5-6H,1-4H2,(H2,11,17)(H,18,19)(H2,12,15,20)(H,13,14,16)/t6-/m0/s1. The molecule has 0 unspecified atom stereocenters. The molecule has 0 aliphatic heterocycles. The fourth-order valence-electron chi connectivity index (χ4n) is 1.42. The molecule has 0 aliphatic carbocycles. The number of aromatic nitrogens is 3. The summed E-state index contributed by atoms with van der Waals surface area (Å²) in [6.07, 6.45) is 2.14. The van der Waals surface area contributed by atoms with Gasteiger partial charge in [-0.2, -0.15) is 5.10 Å². The van der Waals surface area contributed by atoms with Crippen LogP contribution in [0.3, 0.4) is 0 Å². The first-order valence-electron chi connectivity index (χ1n) is 5.88. The Bertz CT molecular complexity index is 460. The number of urea groups is 1. The summed E-state index contributed by atoms with van der Waals surface area (Å²) < 4.78 is 0. The Balaban J connectivity index is 2.24. The average molecular weight is 284 g/mol. The summed E-state index contributed by atoms with van der Waals surface area (Å²) in [5.41, 5.74) is 4.89. The summed E-state index contributed by atoms with van der Waals surface area (Å²) in [6, 6.07) is -2.00. The van der Waals surface area contributed by atoms with Gasteiger partial charge in [-0.05, 0) is 6.42 Å². The van der Waals surface area contributed by atoms with Gasteiger partial charge in [-0.3, -0.25) is 9.89 Å². The minimum atomic E-state index is -1.33. The molecule has 0 saturated carbocycles. The highest BCUT2D eigenvalue weighted by Gasteiger charge is 2.21. The summed E-state index contributed by atoms with van der Waals surface area (Å²) in [5.74, 6) is -1.42. The van der Waals surface area contributed by atoms with Gasteiger partial charge in [0.2, 0.25) is 5.91 Å². The number of H-pyrrole nitrogens is 1. The predicted molar refractivity (Wildman–Crippen MR) is 66.5 cm³/mol. The number of carbonyl (C=O) groups is 3. The van der Waals surface area contributed by atoms with Crippen molar-refractivity contribution in [3.8, 4) is 0 Å². The molecule has 1 rings (SSSR count). The lowest BCUT2D eigenvalue weighted by Crippen LogP contribution is -2.47. The van der Waals surface area contributed by atoms with Crippen LogP contribution in [0.4, 0.5) is 4.79 Å². The van der Waals surface area contributed by atoms with Crippen LogP contribution in [0.1, 0.15) is 18.7 Å². The third-order valence-corrected chi connectivity index (χ3v) is 2.35. The summed E-state index contributed by atoms with van der Waals surface area (Å²) in [4.78, 5) is 36.8. The Morgan fingerprint density at radius 2 is 2.20 bits per heavy atom. The van der Waals surface area contributed by atoms with E-state index < -0.39 is 30.4 Å². The first kappa shape index (κ1) is 15.4. The number of primary amides is 1. The number of hydrogen-bond acceptors (Lipinski definition) is 5. The van der Waals surface area contributed by atoms with Crippen LogP contribution in [0, 0.1) is 0 Å². The van der Waals surface area contributed by atoms with Crippen molar-refractivity contribution < 1.29 is 19.5 Å². The number of carboxylic acid groups (broad SMARTS) is 1. The Morgan fingerprint density at radius 1 is 1.45 bits per heavy atom. The Labute approximate surface area is 114 Å². The second-order valence-electron chi connectivity index (χ2n) is 4.00. The maximum atomic E-state index is 11.4. The zero-order valence-electron chi connectivity index (χ0n) is 10.6. The Kier molecular flexibility index (Phi) is 5.94. The van der Waals surface area contributed by atoms with Gasteiger partial charge in [0.25, 0.3) is 0 Å². The average Bonchev–Trinajstić information content (AvgIpc) is 2.86. The quantitative estimate of drug-likeness (QED) is 0.359. The Morgan fingerprint density at radius 3 is 2.75 bits per heavy atom. The molecule has 1 heterocycles. The molecule has 0 aliphatic rings. The summed E-state index contributed by atoms with van der Waals surface area (Å²) in [7, 11) is 0. The number of aromatic amines is 1. The largest absolute Gasteiger partial charge is 0.480 e. The fraction of sp³-hybridized carbons (Fsp3) is 0.500. The zero-order chi connectivity index (χ0) is 15.0. The van der Waals surface area contributed by atoms with E-state index in [-0.39, 0.29) is 0 Å². The number of aliphatic carboxylic acids is 1. The molecule has 0 aromatic carbocycles. The van der Waals surface area contributed by atoms with Crippen LogP contribution in [0.25, 0.3) is 0 Å². The lowest BCUT2D eigenvalue weighted by molar-refractivity contribution is -0.140. The summed E-state index contributed by atoms with van der Waals surface area (Å²) in [6.45, 7) is 0.329. The number of hydrogen-bond donors (Lipinski definition) is 5. The second kappa shape index (κ2) is 7.71. The predicted octanol–water partition coefficient (Wildman–Crippen LogP) is -1.63. The summed E-state index contributed by atoms with van der Waals surface area (Å²) in [5, 5.41) is 19.8. The number of nitrogens with one attached hydrogen (secondary N) is 3. The zero-order valence-corrected chi connectivity index (χ0v) is 10.6. The van der Waals surface area contributed by atoms with E-state index in [1.807, 2.05) is 0 Å². The topological polar surface area (TPSA) is 163 Å². The van der Waals surface area contributed by atoms with E-state index in [1.165, 1.54) is 6.33 Å². The van der Waals surface area contributed by atoms with Crippen LogP contribution in [0.5, 0.6) is 0 Å². The van der Waals surface area contributed by atoms with Crippen molar-refractivity contribution in [3.63, 3.8) is 0 Å². The summed E-state index contributed by atoms with van der Waals surface area (Å²) >= 11 is 0. The van der Waals surface area contributed by atoms with Crippen molar-refractivity contribution in [1.29, 1.82) is 0 Å². The van der Waals surface area contributed by atoms with Crippen LogP contribution in [-0.2, 0) is 16.0 Å². The highest BCUT2D eigenvalue weighted by molar-refractivity contribution is 5.87. The molecular weight excluding hydrogens is 268 g/mol. The number of carboxylic acids is 1. The molecule has 0 bridgehead atoms. The minimum Gasteiger partial charge on any atom is -0.480 e. The number of aryl methyl sites for hydroxylation is 1. The maximum Gasteiger partial charge on any atom is 0.326 e. The van der Waals surface area contributed by atoms with Crippen LogP contribution >= 0.6 is 0 Å². The highest BCUT2D eigenvalue weighted by atomic mass is 16.4. The van der Waals surface area contributed by atoms with E-state index in [0.29, 0.717) is 25.2 Å². The van der Waals surface area contributed by atoms with Crippen LogP contribution in [-0.4, -0.2) is 50.8 Å². The van der Waals surface area contributed by atoms with Crippen molar-refractivity contribution in [1.82, 2.24) is 25.8 Å². The molecule has 1 aromatic heterocycles. The van der Waals surface area contributed by atoms with E-state index in [9.17, 15) is 14.4 Å². The van der Waals surface area contributed by atoms with Gasteiger partial charge in [0, 0.05) is 13.0 Å². The van der Waals surface area contributed by atoms with E-state index in [1.54, 1.807) is 0 Å². The highest BCUT2D eigenvalue weighted by Crippen LogP contribution is 1.93. The SMILES string of the molecule is NC(=O)C[C@H](NC(=O)NCCCc1ncn[nH]1)C(=O)O. The van der Waals surface area contributed by atoms with Gasteiger partial charge in [-0.15, -0.1) is 0 Å². The first-order chi connectivity index (χ1) is 9.49. The molecule has 1 atom stereocenters. The van der Waals surface area contributed by atoms with Crippen molar-refractivity contribution in [2.24, 2.45) is 5.73 Å². The minimum absolute atomic E-state index is 0.329. The number of rotatable bonds is 8. The molecule has 110 valence electrons. The van der Waals surface area contributed by atoms with Gasteiger partial charge in [0.15, 0.2) is 0 Å². The molecule has 6 N–H and O–H groups in total. The lowest BCUT2D eigenvalue weighted by Gasteiger charge is -2.13. The van der Waals surface area contributed by atoms with Gasteiger partial charge < -0.3 is 21.5 Å². The molecule has 10 heteroatoms. The molecule has 0 saturated heterocycles. The maximum absolute atomic E-state index is 11.4. The third kappa shape index (κ3) is 5.80. The van der Waals surface area contributed by atoms with Gasteiger partial charge in [0.1, 0.15) is 18.2 Å². The van der Waals surface area contributed by atoms with Crippen LogP contribution in [0.15, 0.2) is 6.33 Å². The van der Waals surface area contributed by atoms with Crippen LogP contribution in [0.2, 0.25) is 0 Å². The van der Waals surface area contributed by atoms with Crippen molar-refractivity contribution in [2.75, 3.05) is 6.54 Å². The van der Waals surface area contributed by atoms with Crippen molar-refractivity contribution in [3.05, 3.63) is 12.2 Å². The molecule has 3 amide bonds. The molecule has 10 nitrogen and oxygen atoms in total. The number of amides is 3. The van der Waals surface area contributed by atoms with E-state index in [0.717, 1.165) is 0 Å². The number of carbonyl (C=O) groups excluding carboxylic acids is 2. The Hall–Kier alpha value is -2.65. The van der Waals surface area contributed by atoms with Crippen LogP contribution < -0.4 is 16.4 Å². The first-order valence-corrected chi connectivity index (χ1v) is 5.88. The monoisotopic (exact) mass is 284 g/mol. The molecule has 1 aromatic rings. The molecule has 0 radical (unpaired) electrons. The van der Waals surface area contributed by atoms with Crippen molar-refractivity contribution >= 4 is 17.9 Å². The molecule has 20 heavy (non-hydrogen) atoms.